The van der Waals surface area contributed by atoms with Gasteiger partial charge in [-0.25, -0.2) is 13.9 Å². The number of hydrogen-bond acceptors (Lipinski definition) is 7. The maximum atomic E-state index is 13.8. The first-order valence-electron chi connectivity index (χ1n) is 9.56. The summed E-state index contributed by atoms with van der Waals surface area (Å²) in [5.41, 5.74) is 2.53. The Bertz CT molecular complexity index is 1290. The zero-order valence-corrected chi connectivity index (χ0v) is 15.9. The highest BCUT2D eigenvalue weighted by Crippen LogP contribution is 2.34. The highest BCUT2D eigenvalue weighted by Gasteiger charge is 2.30. The first kappa shape index (κ1) is 18.4. The normalized spacial score (nSPS) is 16.5. The summed E-state index contributed by atoms with van der Waals surface area (Å²) in [5, 5.41) is 22.1. The van der Waals surface area contributed by atoms with Crippen LogP contribution in [0.4, 0.5) is 10.2 Å². The molecular formula is C20H18FN7O2. The summed E-state index contributed by atoms with van der Waals surface area (Å²) in [7, 11) is 0. The third kappa shape index (κ3) is 3.11. The standard InChI is InChI=1S/C20H18FN7O2/c21-13-7-14(20(30)23-9-13)16-2-1-5-27(16)19-4-3-18-22-10-17(28(18)26-19)15-6-12(11-29)8-24-25-15/h3-4,6-10,16,29H,1-2,5,11H2,(H,23,30)/t16-/m1/s1. The third-order valence-corrected chi connectivity index (χ3v) is 5.31. The smallest absolute Gasteiger partial charge is 0.253 e. The molecule has 5 heterocycles. The number of anilines is 1. The largest absolute Gasteiger partial charge is 0.392 e. The van der Waals surface area contributed by atoms with E-state index >= 15 is 0 Å². The number of halogens is 1. The lowest BCUT2D eigenvalue weighted by atomic mass is 10.1. The number of hydrogen-bond donors (Lipinski definition) is 2. The van der Waals surface area contributed by atoms with E-state index in [1.807, 2.05) is 17.0 Å². The third-order valence-electron chi connectivity index (χ3n) is 5.31. The van der Waals surface area contributed by atoms with Crippen molar-refractivity contribution in [2.24, 2.45) is 0 Å². The summed E-state index contributed by atoms with van der Waals surface area (Å²) in [5.74, 6) is 0.179. The van der Waals surface area contributed by atoms with Crippen molar-refractivity contribution in [1.29, 1.82) is 0 Å². The number of fused-ring (bicyclic) bond motifs is 1. The van der Waals surface area contributed by atoms with Gasteiger partial charge in [-0.1, -0.05) is 0 Å². The van der Waals surface area contributed by atoms with Gasteiger partial charge < -0.3 is 15.0 Å². The van der Waals surface area contributed by atoms with Crippen molar-refractivity contribution >= 4 is 11.5 Å². The molecule has 152 valence electrons. The molecule has 0 unspecified atom stereocenters. The number of H-pyrrole nitrogens is 1. The van der Waals surface area contributed by atoms with E-state index in [4.69, 9.17) is 5.10 Å². The second-order valence-corrected chi connectivity index (χ2v) is 7.17. The number of aromatic nitrogens is 6. The molecule has 0 aliphatic carbocycles. The molecule has 0 radical (unpaired) electrons. The number of pyridine rings is 1. The van der Waals surface area contributed by atoms with Crippen molar-refractivity contribution in [3.63, 3.8) is 0 Å². The molecule has 1 aliphatic rings. The number of rotatable bonds is 4. The number of nitrogens with zero attached hydrogens (tertiary/aromatic N) is 6. The van der Waals surface area contributed by atoms with Crippen LogP contribution in [0.5, 0.6) is 0 Å². The zero-order valence-electron chi connectivity index (χ0n) is 15.9. The van der Waals surface area contributed by atoms with Crippen LogP contribution < -0.4 is 10.5 Å². The molecule has 1 saturated heterocycles. The highest BCUT2D eigenvalue weighted by molar-refractivity contribution is 5.60. The highest BCUT2D eigenvalue weighted by atomic mass is 19.1. The molecule has 4 aromatic heterocycles. The van der Waals surface area contributed by atoms with E-state index in [1.165, 1.54) is 12.3 Å². The van der Waals surface area contributed by atoms with Crippen LogP contribution in [0.15, 0.2) is 47.7 Å². The molecule has 1 aliphatic heterocycles. The molecule has 9 nitrogen and oxygen atoms in total. The second-order valence-electron chi connectivity index (χ2n) is 7.17. The van der Waals surface area contributed by atoms with Gasteiger partial charge in [0.05, 0.1) is 25.0 Å². The van der Waals surface area contributed by atoms with Gasteiger partial charge in [-0.2, -0.15) is 5.10 Å². The van der Waals surface area contributed by atoms with Crippen LogP contribution >= 0.6 is 0 Å². The fraction of sp³-hybridized carbons (Fsp3) is 0.250. The Morgan fingerprint density at radius 1 is 1.27 bits per heavy atom. The lowest BCUT2D eigenvalue weighted by Crippen LogP contribution is -2.29. The van der Waals surface area contributed by atoms with E-state index in [2.05, 4.69) is 20.2 Å². The SMILES string of the molecule is O=c1[nH]cc(F)cc1[C@H]1CCCN1c1ccc2ncc(-c3cc(CO)cnn3)n2n1. The quantitative estimate of drug-likeness (QED) is 0.531. The maximum absolute atomic E-state index is 13.8. The summed E-state index contributed by atoms with van der Waals surface area (Å²) in [6.45, 7) is 0.554. The Balaban J connectivity index is 1.57. The van der Waals surface area contributed by atoms with Crippen molar-refractivity contribution in [1.82, 2.24) is 29.8 Å². The molecule has 0 spiro atoms. The van der Waals surface area contributed by atoms with Crippen LogP contribution in [0, 0.1) is 5.82 Å². The minimum atomic E-state index is -0.473. The van der Waals surface area contributed by atoms with Crippen molar-refractivity contribution in [3.05, 3.63) is 70.2 Å². The first-order chi connectivity index (χ1) is 14.6. The maximum Gasteiger partial charge on any atom is 0.253 e. The number of imidazole rings is 1. The predicted molar refractivity (Wildman–Crippen MR) is 106 cm³/mol. The van der Waals surface area contributed by atoms with Gasteiger partial charge in [0.1, 0.15) is 23.0 Å². The van der Waals surface area contributed by atoms with Crippen LogP contribution in [0.2, 0.25) is 0 Å². The van der Waals surface area contributed by atoms with E-state index in [-0.39, 0.29) is 18.2 Å². The Kier molecular flexibility index (Phi) is 4.47. The number of aliphatic hydroxyl groups is 1. The summed E-state index contributed by atoms with van der Waals surface area (Å²) >= 11 is 0. The molecule has 5 rings (SSSR count). The molecule has 0 saturated carbocycles. The zero-order chi connectivity index (χ0) is 20.7. The summed E-state index contributed by atoms with van der Waals surface area (Å²) in [6.07, 6.45) is 5.80. The van der Waals surface area contributed by atoms with Gasteiger partial charge in [-0.05, 0) is 42.7 Å². The van der Waals surface area contributed by atoms with Gasteiger partial charge in [0.25, 0.3) is 5.56 Å². The topological polar surface area (TPSA) is 112 Å². The minimum absolute atomic E-state index is 0.143. The first-order valence-corrected chi connectivity index (χ1v) is 9.56. The molecule has 1 atom stereocenters. The fourth-order valence-corrected chi connectivity index (χ4v) is 3.90. The monoisotopic (exact) mass is 407 g/mol. The number of aliphatic hydroxyl groups excluding tert-OH is 1. The van der Waals surface area contributed by atoms with Gasteiger partial charge in [0.15, 0.2) is 5.65 Å². The molecule has 1 fully saturated rings. The van der Waals surface area contributed by atoms with E-state index < -0.39 is 5.82 Å². The Hall–Kier alpha value is -3.66. The van der Waals surface area contributed by atoms with Crippen molar-refractivity contribution in [2.75, 3.05) is 11.4 Å². The minimum Gasteiger partial charge on any atom is -0.392 e. The van der Waals surface area contributed by atoms with E-state index in [0.717, 1.165) is 19.0 Å². The van der Waals surface area contributed by atoms with Gasteiger partial charge in [-0.3, -0.25) is 4.79 Å². The van der Waals surface area contributed by atoms with Crippen LogP contribution in [0.1, 0.15) is 30.0 Å². The van der Waals surface area contributed by atoms with Gasteiger partial charge in [0.2, 0.25) is 0 Å². The number of nitrogens with one attached hydrogen (secondary N) is 1. The van der Waals surface area contributed by atoms with Crippen molar-refractivity contribution in [2.45, 2.75) is 25.5 Å². The van der Waals surface area contributed by atoms with Gasteiger partial charge in [0, 0.05) is 18.3 Å². The average molecular weight is 407 g/mol. The van der Waals surface area contributed by atoms with Crippen LogP contribution in [-0.4, -0.2) is 41.4 Å². The molecule has 4 aromatic rings. The molecule has 30 heavy (non-hydrogen) atoms. The Labute approximate surface area is 169 Å². The summed E-state index contributed by atoms with van der Waals surface area (Å²) in [4.78, 5) is 21.1. The summed E-state index contributed by atoms with van der Waals surface area (Å²) < 4.78 is 15.4. The molecule has 2 N–H and O–H groups in total. The number of aromatic amines is 1. The molecule has 10 heteroatoms. The van der Waals surface area contributed by atoms with Crippen LogP contribution in [0.25, 0.3) is 17.0 Å². The predicted octanol–water partition coefficient (Wildman–Crippen LogP) is 1.85. The second kappa shape index (κ2) is 7.30. The van der Waals surface area contributed by atoms with E-state index in [0.29, 0.717) is 40.5 Å². The van der Waals surface area contributed by atoms with Gasteiger partial charge in [-0.15, -0.1) is 10.2 Å². The summed E-state index contributed by atoms with van der Waals surface area (Å²) in [6, 6.07) is 6.43. The lowest BCUT2D eigenvalue weighted by molar-refractivity contribution is 0.281. The molecule has 0 bridgehead atoms. The lowest BCUT2D eigenvalue weighted by Gasteiger charge is -2.25. The Morgan fingerprint density at radius 2 is 2.17 bits per heavy atom. The van der Waals surface area contributed by atoms with Crippen LogP contribution in [-0.2, 0) is 6.61 Å². The van der Waals surface area contributed by atoms with Crippen LogP contribution in [0.3, 0.4) is 0 Å². The van der Waals surface area contributed by atoms with E-state index in [9.17, 15) is 14.3 Å². The van der Waals surface area contributed by atoms with Gasteiger partial charge >= 0.3 is 0 Å². The fourth-order valence-electron chi connectivity index (χ4n) is 3.90. The van der Waals surface area contributed by atoms with E-state index in [1.54, 1.807) is 16.8 Å². The Morgan fingerprint density at radius 3 is 3.03 bits per heavy atom. The molecule has 0 amide bonds. The molecule has 0 aromatic carbocycles. The average Bonchev–Trinajstić information content (AvgIpc) is 3.42. The van der Waals surface area contributed by atoms with Crippen molar-refractivity contribution in [3.8, 4) is 11.4 Å². The molecular weight excluding hydrogens is 389 g/mol. The van der Waals surface area contributed by atoms with Crippen molar-refractivity contribution < 1.29 is 9.50 Å².